The van der Waals surface area contributed by atoms with Gasteiger partial charge in [0.1, 0.15) is 11.3 Å². The van der Waals surface area contributed by atoms with E-state index < -0.39 is 11.7 Å². The van der Waals surface area contributed by atoms with Crippen molar-refractivity contribution in [2.75, 3.05) is 5.32 Å². The van der Waals surface area contributed by atoms with Gasteiger partial charge >= 0.3 is 5.63 Å². The third-order valence-corrected chi connectivity index (χ3v) is 4.71. The average molecular weight is 379 g/mol. The fraction of sp³-hybridized carbons (Fsp3) is 0.304. The second-order valence-electron chi connectivity index (χ2n) is 7.09. The lowest BCUT2D eigenvalue weighted by Crippen LogP contribution is -2.30. The predicted octanol–water partition coefficient (Wildman–Crippen LogP) is 4.88. The summed E-state index contributed by atoms with van der Waals surface area (Å²) in [6, 6.07) is 14.5. The van der Waals surface area contributed by atoms with Gasteiger partial charge in [0.2, 0.25) is 0 Å². The Hall–Kier alpha value is -3.08. The van der Waals surface area contributed by atoms with Crippen LogP contribution in [-0.4, -0.2) is 12.0 Å². The summed E-state index contributed by atoms with van der Waals surface area (Å²) in [5.74, 6) is 0.532. The van der Waals surface area contributed by atoms with Crippen molar-refractivity contribution < 1.29 is 13.9 Å². The molecular weight excluding hydrogens is 354 g/mol. The van der Waals surface area contributed by atoms with E-state index in [0.29, 0.717) is 17.3 Å². The summed E-state index contributed by atoms with van der Waals surface area (Å²) in [5.41, 5.74) is 2.85. The number of anilines is 1. The standard InChI is InChI=1S/C23H25NO4/c1-5-16-12-22(25)28-21-13-17(10-11-19(16)21)27-15(4)23(26)24-20-9-7-6-8-18(20)14(2)3/h6-15H,5H2,1-4H3,(H,24,26). The van der Waals surface area contributed by atoms with Crippen LogP contribution in [0.25, 0.3) is 11.0 Å². The monoisotopic (exact) mass is 379 g/mol. The number of hydrogen-bond acceptors (Lipinski definition) is 4. The topological polar surface area (TPSA) is 68.5 Å². The molecule has 3 aromatic rings. The largest absolute Gasteiger partial charge is 0.481 e. The van der Waals surface area contributed by atoms with Gasteiger partial charge in [0.25, 0.3) is 5.91 Å². The summed E-state index contributed by atoms with van der Waals surface area (Å²) in [4.78, 5) is 24.3. The Kier molecular flexibility index (Phi) is 5.83. The molecule has 1 amide bonds. The van der Waals surface area contributed by atoms with E-state index in [0.717, 1.165) is 28.6 Å². The molecule has 1 aromatic heterocycles. The average Bonchev–Trinajstić information content (AvgIpc) is 2.67. The molecule has 0 saturated heterocycles. The van der Waals surface area contributed by atoms with E-state index in [9.17, 15) is 9.59 Å². The van der Waals surface area contributed by atoms with E-state index in [-0.39, 0.29) is 5.91 Å². The number of carbonyl (C=O) groups excluding carboxylic acids is 1. The minimum Gasteiger partial charge on any atom is -0.481 e. The third kappa shape index (κ3) is 4.25. The molecule has 0 radical (unpaired) electrons. The smallest absolute Gasteiger partial charge is 0.336 e. The van der Waals surface area contributed by atoms with E-state index >= 15 is 0 Å². The summed E-state index contributed by atoms with van der Waals surface area (Å²) >= 11 is 0. The summed E-state index contributed by atoms with van der Waals surface area (Å²) in [6.45, 7) is 7.84. The molecule has 146 valence electrons. The zero-order valence-electron chi connectivity index (χ0n) is 16.6. The van der Waals surface area contributed by atoms with Gasteiger partial charge in [-0.15, -0.1) is 0 Å². The number of fused-ring (bicyclic) bond motifs is 1. The molecule has 28 heavy (non-hydrogen) atoms. The molecule has 5 nitrogen and oxygen atoms in total. The first kappa shape index (κ1) is 19.7. The Morgan fingerprint density at radius 2 is 1.86 bits per heavy atom. The molecule has 1 unspecified atom stereocenters. The van der Waals surface area contributed by atoms with Crippen LogP contribution in [-0.2, 0) is 11.2 Å². The summed E-state index contributed by atoms with van der Waals surface area (Å²) in [6.07, 6.45) is 0.0230. The van der Waals surface area contributed by atoms with Crippen molar-refractivity contribution in [1.29, 1.82) is 0 Å². The maximum absolute atomic E-state index is 12.6. The maximum Gasteiger partial charge on any atom is 0.336 e. The number of benzene rings is 2. The lowest BCUT2D eigenvalue weighted by molar-refractivity contribution is -0.122. The number of rotatable bonds is 6. The highest BCUT2D eigenvalue weighted by Gasteiger charge is 2.17. The fourth-order valence-electron chi connectivity index (χ4n) is 3.18. The van der Waals surface area contributed by atoms with E-state index in [2.05, 4.69) is 19.2 Å². The highest BCUT2D eigenvalue weighted by molar-refractivity contribution is 5.95. The molecule has 3 rings (SSSR count). The van der Waals surface area contributed by atoms with Gasteiger partial charge in [-0.1, -0.05) is 39.0 Å². The number of carbonyl (C=O) groups is 1. The molecule has 0 aliphatic rings. The van der Waals surface area contributed by atoms with E-state index in [1.54, 1.807) is 19.1 Å². The summed E-state index contributed by atoms with van der Waals surface area (Å²) < 4.78 is 11.1. The van der Waals surface area contributed by atoms with Crippen molar-refractivity contribution in [3.63, 3.8) is 0 Å². The fourth-order valence-corrected chi connectivity index (χ4v) is 3.18. The first-order valence-corrected chi connectivity index (χ1v) is 9.52. The van der Waals surface area contributed by atoms with Crippen LogP contribution in [0.4, 0.5) is 5.69 Å². The van der Waals surface area contributed by atoms with Crippen molar-refractivity contribution >= 4 is 22.6 Å². The first-order chi connectivity index (χ1) is 13.4. The Balaban J connectivity index is 1.78. The van der Waals surface area contributed by atoms with E-state index in [1.807, 2.05) is 37.3 Å². The molecule has 0 bridgehead atoms. The molecule has 0 fully saturated rings. The molecule has 2 aromatic carbocycles. The van der Waals surface area contributed by atoms with Crippen molar-refractivity contribution in [3.8, 4) is 5.75 Å². The summed E-state index contributed by atoms with van der Waals surface area (Å²) in [5, 5.41) is 3.81. The number of amides is 1. The third-order valence-electron chi connectivity index (χ3n) is 4.71. The SMILES string of the molecule is CCc1cc(=O)oc2cc(OC(C)C(=O)Nc3ccccc3C(C)C)ccc12. The van der Waals surface area contributed by atoms with Crippen molar-refractivity contribution in [3.05, 3.63) is 70.1 Å². The van der Waals surface area contributed by atoms with Crippen LogP contribution in [0.1, 0.15) is 44.7 Å². The molecule has 1 N–H and O–H groups in total. The van der Waals surface area contributed by atoms with Crippen LogP contribution >= 0.6 is 0 Å². The second-order valence-corrected chi connectivity index (χ2v) is 7.09. The van der Waals surface area contributed by atoms with Gasteiger partial charge in [-0.3, -0.25) is 4.79 Å². The normalized spacial score (nSPS) is 12.2. The number of nitrogens with one attached hydrogen (secondary N) is 1. The molecule has 0 aliphatic heterocycles. The number of hydrogen-bond donors (Lipinski definition) is 1. The number of ether oxygens (including phenoxy) is 1. The van der Waals surface area contributed by atoms with E-state index in [4.69, 9.17) is 9.15 Å². The molecule has 0 spiro atoms. The van der Waals surface area contributed by atoms with Gasteiger partial charge < -0.3 is 14.5 Å². The second kappa shape index (κ2) is 8.30. The quantitative estimate of drug-likeness (QED) is 0.620. The van der Waals surface area contributed by atoms with Crippen molar-refractivity contribution in [2.24, 2.45) is 0 Å². The van der Waals surface area contributed by atoms with E-state index in [1.165, 1.54) is 6.07 Å². The van der Waals surface area contributed by atoms with Crippen LogP contribution in [0.2, 0.25) is 0 Å². The highest BCUT2D eigenvalue weighted by Crippen LogP contribution is 2.26. The molecule has 1 heterocycles. The van der Waals surface area contributed by atoms with Crippen LogP contribution in [0.15, 0.2) is 57.7 Å². The minimum absolute atomic E-state index is 0.239. The highest BCUT2D eigenvalue weighted by atomic mass is 16.5. The number of para-hydroxylation sites is 1. The molecule has 0 saturated carbocycles. The van der Waals surface area contributed by atoms with Crippen LogP contribution in [0.5, 0.6) is 5.75 Å². The maximum atomic E-state index is 12.6. The van der Waals surface area contributed by atoms with Gasteiger partial charge in [0, 0.05) is 23.2 Å². The lowest BCUT2D eigenvalue weighted by atomic mass is 10.0. The molecular formula is C23H25NO4. The lowest BCUT2D eigenvalue weighted by Gasteiger charge is -2.18. The Morgan fingerprint density at radius 3 is 2.57 bits per heavy atom. The zero-order valence-corrected chi connectivity index (χ0v) is 16.6. The van der Waals surface area contributed by atoms with Gasteiger partial charge in [0.05, 0.1) is 0 Å². The Morgan fingerprint density at radius 1 is 1.11 bits per heavy atom. The number of aryl methyl sites for hydroxylation is 1. The summed E-state index contributed by atoms with van der Waals surface area (Å²) in [7, 11) is 0. The molecule has 1 atom stereocenters. The van der Waals surface area contributed by atoms with Crippen LogP contribution < -0.4 is 15.7 Å². The Labute approximate surface area is 164 Å². The van der Waals surface area contributed by atoms with Crippen LogP contribution in [0, 0.1) is 0 Å². The van der Waals surface area contributed by atoms with Crippen molar-refractivity contribution in [1.82, 2.24) is 0 Å². The van der Waals surface area contributed by atoms with Gasteiger partial charge in [-0.2, -0.15) is 0 Å². The van der Waals surface area contributed by atoms with Gasteiger partial charge in [-0.25, -0.2) is 4.79 Å². The van der Waals surface area contributed by atoms with Gasteiger partial charge in [0.15, 0.2) is 6.10 Å². The molecule has 5 heteroatoms. The predicted molar refractivity (Wildman–Crippen MR) is 111 cm³/mol. The molecule has 0 aliphatic carbocycles. The van der Waals surface area contributed by atoms with Crippen molar-refractivity contribution in [2.45, 2.75) is 46.1 Å². The first-order valence-electron chi connectivity index (χ1n) is 9.52. The minimum atomic E-state index is -0.709. The van der Waals surface area contributed by atoms with Crippen LogP contribution in [0.3, 0.4) is 0 Å². The van der Waals surface area contributed by atoms with Gasteiger partial charge in [-0.05, 0) is 48.6 Å². The zero-order chi connectivity index (χ0) is 20.3. The Bertz CT molecular complexity index is 1050.